The van der Waals surface area contributed by atoms with Crippen LogP contribution < -0.4 is 5.32 Å². The maximum atomic E-state index is 11.4. The molecule has 0 bridgehead atoms. The van der Waals surface area contributed by atoms with Crippen LogP contribution in [-0.2, 0) is 18.4 Å². The van der Waals surface area contributed by atoms with Crippen LogP contribution in [0.5, 0.6) is 0 Å². The van der Waals surface area contributed by atoms with E-state index >= 15 is 0 Å². The molecule has 16 heavy (non-hydrogen) atoms. The van der Waals surface area contributed by atoms with Crippen LogP contribution in [0.3, 0.4) is 0 Å². The van der Waals surface area contributed by atoms with Crippen LogP contribution in [0.25, 0.3) is 0 Å². The molecule has 1 heterocycles. The topological polar surface area (TPSA) is 50.2 Å². The van der Waals surface area contributed by atoms with Crippen LogP contribution in [0, 0.1) is 0 Å². The molecule has 0 saturated carbocycles. The zero-order valence-corrected chi connectivity index (χ0v) is 10.4. The predicted molar refractivity (Wildman–Crippen MR) is 62.8 cm³/mol. The molecule has 1 aromatic rings. The van der Waals surface area contributed by atoms with Crippen molar-refractivity contribution in [1.82, 2.24) is 20.0 Å². The van der Waals surface area contributed by atoms with E-state index in [1.54, 1.807) is 23.7 Å². The third-order valence-electron chi connectivity index (χ3n) is 2.39. The minimum atomic E-state index is 0.145. The lowest BCUT2D eigenvalue weighted by Crippen LogP contribution is -2.32. The number of carbonyl (C=O) groups is 1. The third kappa shape index (κ3) is 4.02. The zero-order valence-electron chi connectivity index (χ0n) is 10.4. The summed E-state index contributed by atoms with van der Waals surface area (Å²) in [6.45, 7) is 2.76. The number of rotatable bonds is 5. The van der Waals surface area contributed by atoms with Gasteiger partial charge in [-0.25, -0.2) is 0 Å². The maximum Gasteiger partial charge on any atom is 0.223 e. The quantitative estimate of drug-likeness (QED) is 0.786. The van der Waals surface area contributed by atoms with Crippen LogP contribution in [0.4, 0.5) is 0 Å². The van der Waals surface area contributed by atoms with Gasteiger partial charge >= 0.3 is 0 Å². The summed E-state index contributed by atoms with van der Waals surface area (Å²) >= 11 is 0. The SMILES string of the molecule is CC(CC(=O)N(C)C)NCc1cnn(C)c1. The van der Waals surface area contributed by atoms with Gasteiger partial charge in [0.25, 0.3) is 0 Å². The van der Waals surface area contributed by atoms with Gasteiger partial charge in [0.2, 0.25) is 5.91 Å². The average Bonchev–Trinajstić information content (AvgIpc) is 2.61. The Labute approximate surface area is 96.4 Å². The molecule has 1 amide bonds. The second kappa shape index (κ2) is 5.65. The van der Waals surface area contributed by atoms with Gasteiger partial charge in [0.1, 0.15) is 0 Å². The summed E-state index contributed by atoms with van der Waals surface area (Å²) < 4.78 is 1.77. The van der Waals surface area contributed by atoms with Crippen LogP contribution in [0.2, 0.25) is 0 Å². The molecule has 1 N–H and O–H groups in total. The van der Waals surface area contributed by atoms with Crippen LogP contribution in [0.1, 0.15) is 18.9 Å². The fraction of sp³-hybridized carbons (Fsp3) is 0.636. The van der Waals surface area contributed by atoms with Crippen molar-refractivity contribution in [3.63, 3.8) is 0 Å². The summed E-state index contributed by atoms with van der Waals surface area (Å²) in [4.78, 5) is 13.1. The van der Waals surface area contributed by atoms with Crippen molar-refractivity contribution >= 4 is 5.91 Å². The van der Waals surface area contributed by atoms with Crippen molar-refractivity contribution < 1.29 is 4.79 Å². The van der Waals surface area contributed by atoms with Crippen molar-refractivity contribution in [2.75, 3.05) is 14.1 Å². The molecule has 1 unspecified atom stereocenters. The molecule has 5 nitrogen and oxygen atoms in total. The van der Waals surface area contributed by atoms with Gasteiger partial charge in [0, 0.05) is 51.9 Å². The van der Waals surface area contributed by atoms with Crippen molar-refractivity contribution in [3.8, 4) is 0 Å². The second-order valence-electron chi connectivity index (χ2n) is 4.30. The first-order chi connectivity index (χ1) is 7.49. The number of aryl methyl sites for hydroxylation is 1. The van der Waals surface area contributed by atoms with E-state index < -0.39 is 0 Å². The monoisotopic (exact) mass is 224 g/mol. The van der Waals surface area contributed by atoms with Crippen LogP contribution in [-0.4, -0.2) is 40.7 Å². The molecule has 0 saturated heterocycles. The molecule has 1 rings (SSSR count). The highest BCUT2D eigenvalue weighted by atomic mass is 16.2. The minimum absolute atomic E-state index is 0.145. The summed E-state index contributed by atoms with van der Waals surface area (Å²) in [6.07, 6.45) is 4.31. The van der Waals surface area contributed by atoms with Gasteiger partial charge in [0.15, 0.2) is 0 Å². The third-order valence-corrected chi connectivity index (χ3v) is 2.39. The highest BCUT2D eigenvalue weighted by Gasteiger charge is 2.10. The summed E-state index contributed by atoms with van der Waals surface area (Å²) in [7, 11) is 5.44. The molecule has 0 fully saturated rings. The van der Waals surface area contributed by atoms with E-state index in [4.69, 9.17) is 0 Å². The summed E-state index contributed by atoms with van der Waals surface area (Å²) in [6, 6.07) is 0.176. The van der Waals surface area contributed by atoms with Gasteiger partial charge in [-0.2, -0.15) is 5.10 Å². The minimum Gasteiger partial charge on any atom is -0.349 e. The first-order valence-corrected chi connectivity index (χ1v) is 5.40. The fourth-order valence-corrected chi connectivity index (χ4v) is 1.37. The predicted octanol–water partition coefficient (Wildman–Crippen LogP) is 0.376. The summed E-state index contributed by atoms with van der Waals surface area (Å²) in [5, 5.41) is 7.38. The molecule has 0 radical (unpaired) electrons. The molecule has 0 spiro atoms. The van der Waals surface area contributed by atoms with Crippen LogP contribution in [0.15, 0.2) is 12.4 Å². The Hall–Kier alpha value is -1.36. The summed E-state index contributed by atoms with van der Waals surface area (Å²) in [5.41, 5.74) is 1.13. The van der Waals surface area contributed by atoms with Crippen molar-refractivity contribution in [2.24, 2.45) is 7.05 Å². The Morgan fingerprint density at radius 2 is 2.31 bits per heavy atom. The number of hydrogen-bond donors (Lipinski definition) is 1. The molecule has 0 aliphatic carbocycles. The van der Waals surface area contributed by atoms with E-state index in [0.717, 1.165) is 12.1 Å². The van der Waals surface area contributed by atoms with E-state index in [1.165, 1.54) is 0 Å². The maximum absolute atomic E-state index is 11.4. The summed E-state index contributed by atoms with van der Waals surface area (Å²) in [5.74, 6) is 0.145. The number of aromatic nitrogens is 2. The van der Waals surface area contributed by atoms with Gasteiger partial charge in [-0.1, -0.05) is 0 Å². The number of nitrogens with zero attached hydrogens (tertiary/aromatic N) is 3. The molecule has 0 aromatic carbocycles. The fourth-order valence-electron chi connectivity index (χ4n) is 1.37. The van der Waals surface area contributed by atoms with Gasteiger partial charge in [-0.05, 0) is 6.92 Å². The molecule has 0 aliphatic heterocycles. The van der Waals surface area contributed by atoms with E-state index in [-0.39, 0.29) is 11.9 Å². The van der Waals surface area contributed by atoms with Gasteiger partial charge in [-0.3, -0.25) is 9.48 Å². The lowest BCUT2D eigenvalue weighted by Gasteiger charge is -2.16. The second-order valence-corrected chi connectivity index (χ2v) is 4.30. The Balaban J connectivity index is 2.30. The first kappa shape index (κ1) is 12.7. The molecular weight excluding hydrogens is 204 g/mol. The molecule has 0 aliphatic rings. The lowest BCUT2D eigenvalue weighted by molar-refractivity contribution is -0.129. The van der Waals surface area contributed by atoms with Gasteiger partial charge in [0.05, 0.1) is 6.20 Å². The zero-order chi connectivity index (χ0) is 12.1. The van der Waals surface area contributed by atoms with E-state index in [9.17, 15) is 4.79 Å². The number of carbonyl (C=O) groups excluding carboxylic acids is 1. The van der Waals surface area contributed by atoms with E-state index in [1.807, 2.05) is 26.4 Å². The van der Waals surface area contributed by atoms with Gasteiger partial charge < -0.3 is 10.2 Å². The normalized spacial score (nSPS) is 12.5. The highest BCUT2D eigenvalue weighted by Crippen LogP contribution is 1.99. The highest BCUT2D eigenvalue weighted by molar-refractivity contribution is 5.76. The van der Waals surface area contributed by atoms with Gasteiger partial charge in [-0.15, -0.1) is 0 Å². The molecule has 5 heteroatoms. The van der Waals surface area contributed by atoms with E-state index in [0.29, 0.717) is 6.42 Å². The average molecular weight is 224 g/mol. The Morgan fingerprint density at radius 1 is 1.62 bits per heavy atom. The molecule has 1 atom stereocenters. The standard InChI is InChI=1S/C11H20N4O/c1-9(5-11(16)14(2)3)12-6-10-7-13-15(4)8-10/h7-9,12H,5-6H2,1-4H3. The van der Waals surface area contributed by atoms with Crippen LogP contribution >= 0.6 is 0 Å². The smallest absolute Gasteiger partial charge is 0.223 e. The Kier molecular flexibility index (Phi) is 4.49. The molecular formula is C11H20N4O. The molecule has 90 valence electrons. The van der Waals surface area contributed by atoms with Crippen molar-refractivity contribution in [3.05, 3.63) is 18.0 Å². The van der Waals surface area contributed by atoms with Crippen molar-refractivity contribution in [2.45, 2.75) is 25.9 Å². The lowest BCUT2D eigenvalue weighted by atomic mass is 10.2. The van der Waals surface area contributed by atoms with E-state index in [2.05, 4.69) is 10.4 Å². The Morgan fingerprint density at radius 3 is 2.81 bits per heavy atom. The molecule has 1 aromatic heterocycles. The van der Waals surface area contributed by atoms with Crippen molar-refractivity contribution in [1.29, 1.82) is 0 Å². The number of amides is 1. The largest absolute Gasteiger partial charge is 0.349 e. The Bertz CT molecular complexity index is 346. The number of nitrogens with one attached hydrogen (secondary N) is 1. The number of hydrogen-bond acceptors (Lipinski definition) is 3. The first-order valence-electron chi connectivity index (χ1n) is 5.40.